The van der Waals surface area contributed by atoms with E-state index in [-0.39, 0.29) is 24.5 Å². The van der Waals surface area contributed by atoms with Gasteiger partial charge in [-0.2, -0.15) is 0 Å². The summed E-state index contributed by atoms with van der Waals surface area (Å²) in [5.74, 6) is -0.266. The second-order valence-electron chi connectivity index (χ2n) is 9.67. The summed E-state index contributed by atoms with van der Waals surface area (Å²) in [5, 5.41) is 21.4. The first kappa shape index (κ1) is 26.9. The summed E-state index contributed by atoms with van der Waals surface area (Å²) in [7, 11) is 0. The van der Waals surface area contributed by atoms with E-state index in [1.54, 1.807) is 0 Å². The van der Waals surface area contributed by atoms with Crippen molar-refractivity contribution in [3.05, 3.63) is 50.7 Å². The number of rotatable bonds is 11. The van der Waals surface area contributed by atoms with Crippen LogP contribution in [0.25, 0.3) is 0 Å². The van der Waals surface area contributed by atoms with E-state index in [1.807, 2.05) is 40.7 Å². The number of carbonyl (C=O) groups excluding carboxylic acids is 1. The monoisotopic (exact) mass is 475 g/mol. The molecule has 33 heavy (non-hydrogen) atoms. The van der Waals surface area contributed by atoms with Crippen molar-refractivity contribution in [1.29, 1.82) is 0 Å². The minimum absolute atomic E-state index is 0.222. The number of carboxylic acids is 1. The summed E-state index contributed by atoms with van der Waals surface area (Å²) in [6.45, 7) is 11.9. The van der Waals surface area contributed by atoms with Gasteiger partial charge in [-0.1, -0.05) is 39.8 Å². The Morgan fingerprint density at radius 3 is 2.42 bits per heavy atom. The van der Waals surface area contributed by atoms with Crippen molar-refractivity contribution < 1.29 is 24.5 Å². The lowest BCUT2D eigenvalue weighted by molar-refractivity contribution is -0.135. The maximum atomic E-state index is 12.3. The van der Waals surface area contributed by atoms with Crippen molar-refractivity contribution in [2.24, 2.45) is 5.41 Å². The lowest BCUT2D eigenvalue weighted by Gasteiger charge is -2.26. The van der Waals surface area contributed by atoms with E-state index >= 15 is 0 Å². The fraction of sp³-hybridized carbons (Fsp3) is 0.538. The first-order valence-corrected chi connectivity index (χ1v) is 12.2. The van der Waals surface area contributed by atoms with Gasteiger partial charge in [0.1, 0.15) is 18.9 Å². The largest absolute Gasteiger partial charge is 0.491 e. The summed E-state index contributed by atoms with van der Waals surface area (Å²) in [6, 6.07) is 8.23. The molecule has 2 unspecified atom stereocenters. The van der Waals surface area contributed by atoms with Crippen LogP contribution in [-0.2, 0) is 11.2 Å². The molecule has 7 heteroatoms. The summed E-state index contributed by atoms with van der Waals surface area (Å²) in [4.78, 5) is 24.8. The summed E-state index contributed by atoms with van der Waals surface area (Å²) in [5.41, 5.74) is 2.93. The summed E-state index contributed by atoms with van der Waals surface area (Å²) in [6.07, 6.45) is 2.28. The highest BCUT2D eigenvalue weighted by Crippen LogP contribution is 2.34. The van der Waals surface area contributed by atoms with Crippen molar-refractivity contribution in [3.63, 3.8) is 0 Å². The molecular weight excluding hydrogens is 438 g/mol. The van der Waals surface area contributed by atoms with Gasteiger partial charge in [0.25, 0.3) is 5.91 Å². The smallest absolute Gasteiger partial charge is 0.322 e. The number of hydrogen-bond donors (Lipinski definition) is 3. The molecule has 2 aromatic rings. The van der Waals surface area contributed by atoms with E-state index < -0.39 is 12.1 Å². The summed E-state index contributed by atoms with van der Waals surface area (Å²) >= 11 is 1.46. The Hall–Kier alpha value is -2.38. The highest BCUT2D eigenvalue weighted by molar-refractivity contribution is 7.14. The number of thiophene rings is 1. The van der Waals surface area contributed by atoms with Gasteiger partial charge in [-0.25, -0.2) is 0 Å². The number of aliphatic carboxylic acids is 1. The zero-order valence-electron chi connectivity index (χ0n) is 20.5. The minimum atomic E-state index is -1.05. The average Bonchev–Trinajstić information content (AvgIpc) is 3.12. The van der Waals surface area contributed by atoms with Gasteiger partial charge in [0.05, 0.1) is 11.0 Å². The quantitative estimate of drug-likeness (QED) is 0.421. The highest BCUT2D eigenvalue weighted by Gasteiger charge is 2.23. The molecule has 0 saturated heterocycles. The van der Waals surface area contributed by atoms with E-state index in [0.29, 0.717) is 10.8 Å². The standard InChI is InChI=1S/C26H37NO5S/c1-7-19(21-13-17(3)24(33-21)25(31)27-14-23(29)30)10-8-18-9-11-20(16(2)12-18)32-15-22(28)26(4,5)6/h9,11-13,19,22,28H,7-8,10,14-15H2,1-6H3,(H,27,31)(H,29,30). The number of aliphatic hydroxyl groups is 1. The van der Waals surface area contributed by atoms with Crippen molar-refractivity contribution in [2.45, 2.75) is 72.8 Å². The van der Waals surface area contributed by atoms with Gasteiger partial charge in [0.15, 0.2) is 0 Å². The number of amides is 1. The van der Waals surface area contributed by atoms with Crippen molar-refractivity contribution in [2.75, 3.05) is 13.2 Å². The third kappa shape index (κ3) is 7.86. The van der Waals surface area contributed by atoms with Crippen LogP contribution in [0.3, 0.4) is 0 Å². The van der Waals surface area contributed by atoms with Gasteiger partial charge < -0.3 is 20.3 Å². The maximum Gasteiger partial charge on any atom is 0.322 e. The Morgan fingerprint density at radius 1 is 1.15 bits per heavy atom. The SMILES string of the molecule is CCC(CCc1ccc(OCC(O)C(C)(C)C)c(C)c1)c1cc(C)c(C(=O)NCC(=O)O)s1. The van der Waals surface area contributed by atoms with Crippen LogP contribution in [-0.4, -0.2) is 41.3 Å². The second kappa shape index (κ2) is 11.7. The Morgan fingerprint density at radius 2 is 1.85 bits per heavy atom. The molecule has 0 aliphatic rings. The normalized spacial score (nSPS) is 13.4. The first-order chi connectivity index (χ1) is 15.4. The third-order valence-electron chi connectivity index (χ3n) is 5.86. The fourth-order valence-corrected chi connectivity index (χ4v) is 4.81. The zero-order valence-corrected chi connectivity index (χ0v) is 21.3. The molecule has 1 aromatic carbocycles. The van der Waals surface area contributed by atoms with E-state index in [4.69, 9.17) is 9.84 Å². The van der Waals surface area contributed by atoms with Crippen molar-refractivity contribution in [3.8, 4) is 5.75 Å². The number of carbonyl (C=O) groups is 2. The van der Waals surface area contributed by atoms with Crippen LogP contribution in [0.2, 0.25) is 0 Å². The number of aryl methyl sites for hydroxylation is 3. The van der Waals surface area contributed by atoms with Crippen LogP contribution in [0, 0.1) is 19.3 Å². The van der Waals surface area contributed by atoms with Gasteiger partial charge in [-0.15, -0.1) is 11.3 Å². The molecular formula is C26H37NO5S. The highest BCUT2D eigenvalue weighted by atomic mass is 32.1. The molecule has 2 rings (SSSR count). The van der Waals surface area contributed by atoms with Crippen LogP contribution in [0.1, 0.15) is 77.7 Å². The molecule has 1 amide bonds. The Kier molecular flexibility index (Phi) is 9.49. The molecule has 1 aromatic heterocycles. The van der Waals surface area contributed by atoms with Crippen molar-refractivity contribution in [1.82, 2.24) is 5.32 Å². The molecule has 1 heterocycles. The topological polar surface area (TPSA) is 95.9 Å². The summed E-state index contributed by atoms with van der Waals surface area (Å²) < 4.78 is 5.85. The lowest BCUT2D eigenvalue weighted by Crippen LogP contribution is -2.32. The number of ether oxygens (including phenoxy) is 1. The first-order valence-electron chi connectivity index (χ1n) is 11.4. The molecule has 3 N–H and O–H groups in total. The van der Waals surface area contributed by atoms with E-state index in [0.717, 1.165) is 41.0 Å². The molecule has 0 aliphatic carbocycles. The third-order valence-corrected chi connectivity index (χ3v) is 7.25. The van der Waals surface area contributed by atoms with E-state index in [1.165, 1.54) is 16.9 Å². The van der Waals surface area contributed by atoms with Crippen LogP contribution in [0.5, 0.6) is 5.75 Å². The Bertz CT molecular complexity index is 960. The van der Waals surface area contributed by atoms with Crippen LogP contribution < -0.4 is 10.1 Å². The zero-order chi connectivity index (χ0) is 24.8. The van der Waals surface area contributed by atoms with Crippen molar-refractivity contribution >= 4 is 23.2 Å². The molecule has 0 aliphatic heterocycles. The molecule has 0 bridgehead atoms. The maximum absolute atomic E-state index is 12.3. The van der Waals surface area contributed by atoms with Gasteiger partial charge in [-0.3, -0.25) is 9.59 Å². The van der Waals surface area contributed by atoms with Gasteiger partial charge >= 0.3 is 5.97 Å². The molecule has 0 radical (unpaired) electrons. The van der Waals surface area contributed by atoms with Crippen LogP contribution >= 0.6 is 11.3 Å². The van der Waals surface area contributed by atoms with Gasteiger partial charge in [0, 0.05) is 4.88 Å². The number of carboxylic acid groups (broad SMARTS) is 1. The number of hydrogen-bond acceptors (Lipinski definition) is 5. The molecule has 6 nitrogen and oxygen atoms in total. The molecule has 0 saturated carbocycles. The molecule has 0 fully saturated rings. The number of nitrogens with one attached hydrogen (secondary N) is 1. The molecule has 182 valence electrons. The van der Waals surface area contributed by atoms with E-state index in [9.17, 15) is 14.7 Å². The lowest BCUT2D eigenvalue weighted by atomic mass is 9.90. The van der Waals surface area contributed by atoms with Gasteiger partial charge in [-0.05, 0) is 73.3 Å². The minimum Gasteiger partial charge on any atom is -0.491 e. The predicted molar refractivity (Wildman–Crippen MR) is 133 cm³/mol. The Labute approximate surface area is 201 Å². The Balaban J connectivity index is 2.00. The number of aliphatic hydroxyl groups excluding tert-OH is 1. The number of benzene rings is 1. The van der Waals surface area contributed by atoms with Crippen LogP contribution in [0.4, 0.5) is 0 Å². The molecule has 0 spiro atoms. The van der Waals surface area contributed by atoms with Crippen LogP contribution in [0.15, 0.2) is 24.3 Å². The second-order valence-corrected chi connectivity index (χ2v) is 10.8. The van der Waals surface area contributed by atoms with Gasteiger partial charge in [0.2, 0.25) is 0 Å². The molecule has 2 atom stereocenters. The fourth-order valence-electron chi connectivity index (χ4n) is 3.51. The predicted octanol–water partition coefficient (Wildman–Crippen LogP) is 5.09. The van der Waals surface area contributed by atoms with E-state index in [2.05, 4.69) is 30.4 Å². The average molecular weight is 476 g/mol.